The molecule has 0 saturated heterocycles. The van der Waals surface area contributed by atoms with E-state index >= 15 is 0 Å². The second-order valence-electron chi connectivity index (χ2n) is 5.95. The van der Waals surface area contributed by atoms with Crippen molar-refractivity contribution in [2.24, 2.45) is 17.8 Å². The first-order valence-corrected chi connectivity index (χ1v) is 7.38. The van der Waals surface area contributed by atoms with Crippen LogP contribution in [0.5, 0.6) is 0 Å². The van der Waals surface area contributed by atoms with Crippen molar-refractivity contribution >= 4 is 5.91 Å². The topological polar surface area (TPSA) is 20.3 Å². The highest BCUT2D eigenvalue weighted by atomic mass is 16.2. The average Bonchev–Trinajstić information content (AvgIpc) is 3.20. The molecule has 2 heteroatoms. The molecule has 2 nitrogen and oxygen atoms in total. The number of allylic oxidation sites excluding steroid dienone is 3. The minimum Gasteiger partial charge on any atom is -0.316 e. The fourth-order valence-corrected chi connectivity index (χ4v) is 2.75. The van der Waals surface area contributed by atoms with Gasteiger partial charge in [0.2, 0.25) is 5.91 Å². The van der Waals surface area contributed by atoms with Crippen LogP contribution >= 0.6 is 0 Å². The van der Waals surface area contributed by atoms with Crippen molar-refractivity contribution in [1.82, 2.24) is 4.90 Å². The van der Waals surface area contributed by atoms with Crippen LogP contribution in [0.15, 0.2) is 36.6 Å². The van der Waals surface area contributed by atoms with Crippen LogP contribution in [0, 0.1) is 17.8 Å². The van der Waals surface area contributed by atoms with E-state index in [2.05, 4.69) is 38.7 Å². The summed E-state index contributed by atoms with van der Waals surface area (Å²) in [6.45, 7) is 8.90. The molecule has 0 N–H and O–H groups in total. The normalized spacial score (nSPS) is 27.2. The minimum atomic E-state index is 0.243. The van der Waals surface area contributed by atoms with E-state index in [1.807, 2.05) is 0 Å². The predicted molar refractivity (Wildman–Crippen MR) is 79.4 cm³/mol. The van der Waals surface area contributed by atoms with E-state index in [-0.39, 0.29) is 11.8 Å². The van der Waals surface area contributed by atoms with E-state index in [0.29, 0.717) is 18.4 Å². The van der Waals surface area contributed by atoms with Gasteiger partial charge in [-0.2, -0.15) is 0 Å². The molecule has 0 aliphatic heterocycles. The highest BCUT2D eigenvalue weighted by Gasteiger charge is 2.32. The van der Waals surface area contributed by atoms with Crippen LogP contribution in [0.1, 0.15) is 39.5 Å². The van der Waals surface area contributed by atoms with Crippen LogP contribution in [0.4, 0.5) is 0 Å². The zero-order valence-corrected chi connectivity index (χ0v) is 12.1. The smallest absolute Gasteiger partial charge is 0.229 e. The van der Waals surface area contributed by atoms with E-state index in [0.717, 1.165) is 12.8 Å². The molecule has 0 aromatic rings. The van der Waals surface area contributed by atoms with Crippen molar-refractivity contribution in [2.75, 3.05) is 6.54 Å². The summed E-state index contributed by atoms with van der Waals surface area (Å²) in [7, 11) is 0. The van der Waals surface area contributed by atoms with Gasteiger partial charge in [-0.25, -0.2) is 0 Å². The molecule has 1 fully saturated rings. The number of hydrogen-bond acceptors (Lipinski definition) is 1. The molecule has 1 saturated carbocycles. The van der Waals surface area contributed by atoms with Crippen LogP contribution in [0.25, 0.3) is 0 Å². The second-order valence-corrected chi connectivity index (χ2v) is 5.95. The molecule has 0 bridgehead atoms. The van der Waals surface area contributed by atoms with E-state index in [4.69, 9.17) is 0 Å². The molecule has 2 unspecified atom stereocenters. The number of rotatable bonds is 5. The van der Waals surface area contributed by atoms with Gasteiger partial charge in [0.05, 0.1) is 0 Å². The summed E-state index contributed by atoms with van der Waals surface area (Å²) in [5, 5.41) is 0. The van der Waals surface area contributed by atoms with Gasteiger partial charge in [-0.1, -0.05) is 37.3 Å². The van der Waals surface area contributed by atoms with Gasteiger partial charge in [0, 0.05) is 12.5 Å². The zero-order valence-electron chi connectivity index (χ0n) is 12.1. The van der Waals surface area contributed by atoms with Gasteiger partial charge in [0.25, 0.3) is 0 Å². The lowest BCUT2D eigenvalue weighted by atomic mass is 9.82. The maximum Gasteiger partial charge on any atom is 0.229 e. The van der Waals surface area contributed by atoms with Crippen LogP contribution < -0.4 is 0 Å². The van der Waals surface area contributed by atoms with Gasteiger partial charge in [-0.15, -0.1) is 0 Å². The Kier molecular flexibility index (Phi) is 4.62. The molecular formula is C17H25NO. The van der Waals surface area contributed by atoms with Crippen LogP contribution in [0.2, 0.25) is 0 Å². The lowest BCUT2D eigenvalue weighted by molar-refractivity contribution is -0.129. The highest BCUT2D eigenvalue weighted by molar-refractivity contribution is 5.82. The first-order valence-electron chi connectivity index (χ1n) is 7.38. The molecule has 104 valence electrons. The zero-order chi connectivity index (χ0) is 13.8. The molecule has 2 atom stereocenters. The van der Waals surface area contributed by atoms with Crippen LogP contribution in [0.3, 0.4) is 0 Å². The SMILES string of the molecule is C=CN(C/C=C\C1CCC(C)=CC1C)C(=O)C1CC1. The summed E-state index contributed by atoms with van der Waals surface area (Å²) >= 11 is 0. The van der Waals surface area contributed by atoms with Gasteiger partial charge in [-0.05, 0) is 50.6 Å². The average molecular weight is 259 g/mol. The molecule has 2 rings (SSSR count). The van der Waals surface area contributed by atoms with Gasteiger partial charge in [-0.3, -0.25) is 4.79 Å². The predicted octanol–water partition coefficient (Wildman–Crippen LogP) is 3.92. The van der Waals surface area contributed by atoms with E-state index in [1.54, 1.807) is 11.1 Å². The molecule has 0 aromatic carbocycles. The van der Waals surface area contributed by atoms with Crippen LogP contribution in [-0.2, 0) is 4.79 Å². The number of nitrogens with zero attached hydrogens (tertiary/aromatic N) is 1. The Morgan fingerprint density at radius 1 is 1.47 bits per heavy atom. The van der Waals surface area contributed by atoms with Crippen LogP contribution in [-0.4, -0.2) is 17.4 Å². The first kappa shape index (κ1) is 14.1. The maximum absolute atomic E-state index is 11.9. The largest absolute Gasteiger partial charge is 0.316 e. The summed E-state index contributed by atoms with van der Waals surface area (Å²) in [4.78, 5) is 13.7. The Hall–Kier alpha value is -1.31. The first-order chi connectivity index (χ1) is 9.11. The number of hydrogen-bond donors (Lipinski definition) is 0. The second kappa shape index (κ2) is 6.23. The van der Waals surface area contributed by atoms with Crippen molar-refractivity contribution in [3.05, 3.63) is 36.6 Å². The van der Waals surface area contributed by atoms with E-state index in [9.17, 15) is 4.79 Å². The fraction of sp³-hybridized carbons (Fsp3) is 0.588. The van der Waals surface area contributed by atoms with Crippen molar-refractivity contribution in [1.29, 1.82) is 0 Å². The molecule has 0 aromatic heterocycles. The van der Waals surface area contributed by atoms with E-state index < -0.39 is 0 Å². The van der Waals surface area contributed by atoms with Gasteiger partial charge in [0.15, 0.2) is 0 Å². The van der Waals surface area contributed by atoms with Crippen molar-refractivity contribution < 1.29 is 4.79 Å². The lowest BCUT2D eigenvalue weighted by Gasteiger charge is -2.24. The van der Waals surface area contributed by atoms with E-state index in [1.165, 1.54) is 18.4 Å². The monoisotopic (exact) mass is 259 g/mol. The molecule has 2 aliphatic carbocycles. The molecular weight excluding hydrogens is 234 g/mol. The summed E-state index contributed by atoms with van der Waals surface area (Å²) in [5.74, 6) is 1.74. The third kappa shape index (κ3) is 3.82. The Labute approximate surface area is 116 Å². The van der Waals surface area contributed by atoms with Gasteiger partial charge >= 0.3 is 0 Å². The molecule has 19 heavy (non-hydrogen) atoms. The number of carbonyl (C=O) groups is 1. The maximum atomic E-state index is 11.9. The fourth-order valence-electron chi connectivity index (χ4n) is 2.75. The summed E-state index contributed by atoms with van der Waals surface area (Å²) in [5.41, 5.74) is 1.51. The third-order valence-electron chi connectivity index (χ3n) is 4.21. The molecule has 0 heterocycles. The Morgan fingerprint density at radius 2 is 2.21 bits per heavy atom. The summed E-state index contributed by atoms with van der Waals surface area (Å²) < 4.78 is 0. The minimum absolute atomic E-state index is 0.243. The van der Waals surface area contributed by atoms with Gasteiger partial charge < -0.3 is 4.90 Å². The quantitative estimate of drug-likeness (QED) is 0.685. The third-order valence-corrected chi connectivity index (χ3v) is 4.21. The van der Waals surface area contributed by atoms with Crippen molar-refractivity contribution in [2.45, 2.75) is 39.5 Å². The Bertz CT molecular complexity index is 403. The molecule has 1 amide bonds. The highest BCUT2D eigenvalue weighted by Crippen LogP contribution is 2.31. The lowest BCUT2D eigenvalue weighted by Crippen LogP contribution is -2.27. The molecule has 2 aliphatic rings. The molecule has 0 spiro atoms. The van der Waals surface area contributed by atoms with Crippen molar-refractivity contribution in [3.63, 3.8) is 0 Å². The molecule has 0 radical (unpaired) electrons. The Morgan fingerprint density at radius 3 is 2.79 bits per heavy atom. The number of amides is 1. The van der Waals surface area contributed by atoms with Crippen molar-refractivity contribution in [3.8, 4) is 0 Å². The summed E-state index contributed by atoms with van der Waals surface area (Å²) in [6, 6.07) is 0. The standard InChI is InChI=1S/C17H25NO/c1-4-18(17(19)16-9-10-16)11-5-6-15-8-7-13(2)12-14(15)3/h4-6,12,14-16H,1,7-11H2,2-3H3/b6-5-. The number of carbonyl (C=O) groups excluding carboxylic acids is 1. The summed E-state index contributed by atoms with van der Waals surface area (Å²) in [6.07, 6.45) is 13.0. The van der Waals surface area contributed by atoms with Gasteiger partial charge in [0.1, 0.15) is 0 Å². The Balaban J connectivity index is 1.85.